The summed E-state index contributed by atoms with van der Waals surface area (Å²) in [4.78, 5) is 0. The quantitative estimate of drug-likeness (QED) is 0.118. The van der Waals surface area contributed by atoms with Crippen LogP contribution in [0.3, 0.4) is 0 Å². The van der Waals surface area contributed by atoms with Crippen LogP contribution in [-0.2, 0) is 42.0 Å². The molecule has 10 unspecified atom stereocenters. The molecule has 51 heavy (non-hydrogen) atoms. The van der Waals surface area contributed by atoms with Crippen molar-refractivity contribution in [1.29, 1.82) is 0 Å². The molecule has 8 nitrogen and oxygen atoms in total. The van der Waals surface area contributed by atoms with E-state index in [1.165, 1.54) is 24.0 Å². The predicted molar refractivity (Wildman–Crippen MR) is 207 cm³/mol. The molecule has 10 atom stereocenters. The van der Waals surface area contributed by atoms with Crippen LogP contribution in [-0.4, -0.2) is 43.2 Å². The van der Waals surface area contributed by atoms with E-state index in [-0.39, 0.29) is 38.9 Å². The topological polar surface area (TPSA) is 142 Å². The van der Waals surface area contributed by atoms with Gasteiger partial charge in [0.1, 0.15) is 0 Å². The smallest absolute Gasteiger partial charge is 0.741 e. The Balaban J connectivity index is 0.000000172. The summed E-state index contributed by atoms with van der Waals surface area (Å²) < 4.78 is 0. The molecule has 0 amide bonds. The van der Waals surface area contributed by atoms with Crippen LogP contribution in [0.15, 0.2) is 81.1 Å². The van der Waals surface area contributed by atoms with Crippen molar-refractivity contribution in [3.05, 3.63) is 71.8 Å². The van der Waals surface area contributed by atoms with Gasteiger partial charge >= 0.3 is 16.8 Å². The first-order valence-electron chi connectivity index (χ1n) is 18.9. The van der Waals surface area contributed by atoms with Gasteiger partial charge in [-0.25, -0.2) is 0 Å². The van der Waals surface area contributed by atoms with Gasteiger partial charge in [-0.15, -0.1) is 0 Å². The molecule has 0 aromatic heterocycles. The Labute approximate surface area is 324 Å². The van der Waals surface area contributed by atoms with Crippen LogP contribution in [0.2, 0.25) is 0 Å². The van der Waals surface area contributed by atoms with E-state index in [1.807, 2.05) is 0 Å². The summed E-state index contributed by atoms with van der Waals surface area (Å²) >= 11 is 9.81. The molecule has 6 fully saturated rings. The summed E-state index contributed by atoms with van der Waals surface area (Å²) in [6.07, 6.45) is 15.0. The molecular weight excluding hydrogens is 720 g/mol. The average molecular weight is 772 g/mol. The maximum atomic E-state index is 11.8. The van der Waals surface area contributed by atoms with Crippen LogP contribution in [0.4, 0.5) is 0 Å². The maximum Gasteiger partial charge on any atom is 2.00 e. The minimum Gasteiger partial charge on any atom is -0.741 e. The molecule has 6 saturated carbocycles. The number of fused-ring (bicyclic) bond motifs is 8. The maximum absolute atomic E-state index is 11.8. The van der Waals surface area contributed by atoms with Crippen LogP contribution in [0.5, 0.6) is 0 Å². The number of hydrogen-bond donors (Lipinski definition) is 4. The van der Waals surface area contributed by atoms with E-state index in [4.69, 9.17) is 36.7 Å². The fraction of sp³-hybridized carbons (Fsp3) is 0.600. The summed E-state index contributed by atoms with van der Waals surface area (Å²) in [6.45, 7) is 0. The standard InChI is InChI=1S/2C20H27N3OS.Co/c2*21-19(25)23-22-18-14-9-6-11-16(18)20(24)12-5-4-10-15(20)17(14)13-7-2-1-3-8-13;/h2*1-3,7-8,14-17,24H,4-6,9-12H2,(H3,21,23,25);/q;;+2/p-2/b2*22-18+;. The molecule has 6 aliphatic carbocycles. The summed E-state index contributed by atoms with van der Waals surface area (Å²) in [5.74, 6) is 2.12. The van der Waals surface area contributed by atoms with Gasteiger partial charge in [0, 0.05) is 23.7 Å². The zero-order valence-electron chi connectivity index (χ0n) is 29.3. The Morgan fingerprint density at radius 1 is 0.569 bits per heavy atom. The van der Waals surface area contributed by atoms with Crippen LogP contribution < -0.4 is 11.5 Å². The molecule has 0 aliphatic heterocycles. The van der Waals surface area contributed by atoms with Gasteiger partial charge in [0.2, 0.25) is 0 Å². The summed E-state index contributed by atoms with van der Waals surface area (Å²) in [5.41, 5.74) is 14.5. The minimum atomic E-state index is -0.666. The van der Waals surface area contributed by atoms with E-state index >= 15 is 0 Å². The fourth-order valence-electron chi connectivity index (χ4n) is 11.5. The van der Waals surface area contributed by atoms with Crippen molar-refractivity contribution in [1.82, 2.24) is 0 Å². The van der Waals surface area contributed by atoms with Crippen molar-refractivity contribution in [2.24, 2.45) is 67.4 Å². The first-order chi connectivity index (χ1) is 24.2. The van der Waals surface area contributed by atoms with E-state index in [0.717, 1.165) is 88.5 Å². The van der Waals surface area contributed by atoms with E-state index < -0.39 is 11.2 Å². The number of hydrogen-bond acceptors (Lipinski definition) is 8. The van der Waals surface area contributed by atoms with Crippen LogP contribution >= 0.6 is 0 Å². The summed E-state index contributed by atoms with van der Waals surface area (Å²) in [5, 5.41) is 40.7. The Morgan fingerprint density at radius 3 is 1.33 bits per heavy atom. The molecule has 8 rings (SSSR count). The molecule has 6 N–H and O–H groups in total. The molecule has 0 heterocycles. The first-order valence-corrected chi connectivity index (χ1v) is 19.7. The van der Waals surface area contributed by atoms with Crippen molar-refractivity contribution in [3.8, 4) is 0 Å². The molecule has 275 valence electrons. The second-order valence-corrected chi connectivity index (χ2v) is 16.5. The van der Waals surface area contributed by atoms with Gasteiger partial charge in [0.15, 0.2) is 0 Å². The van der Waals surface area contributed by atoms with Gasteiger partial charge in [-0.3, -0.25) is 0 Å². The Hall–Kier alpha value is -2.41. The second-order valence-electron chi connectivity index (χ2n) is 15.7. The molecule has 0 spiro atoms. The van der Waals surface area contributed by atoms with Gasteiger partial charge < -0.3 is 46.9 Å². The zero-order valence-corrected chi connectivity index (χ0v) is 32.0. The summed E-state index contributed by atoms with van der Waals surface area (Å²) in [6, 6.07) is 21.3. The Kier molecular flexibility index (Phi) is 12.2. The van der Waals surface area contributed by atoms with Crippen molar-refractivity contribution < 1.29 is 27.0 Å². The number of benzene rings is 2. The zero-order chi connectivity index (χ0) is 34.9. The van der Waals surface area contributed by atoms with Gasteiger partial charge in [-0.2, -0.15) is 20.4 Å². The van der Waals surface area contributed by atoms with Gasteiger partial charge in [0.25, 0.3) is 0 Å². The molecule has 2 aromatic rings. The van der Waals surface area contributed by atoms with Gasteiger partial charge in [-0.1, -0.05) is 99.2 Å². The molecular formula is C40H52CoN6O2S2. The third-order valence-electron chi connectivity index (χ3n) is 13.3. The first kappa shape index (κ1) is 38.3. The van der Waals surface area contributed by atoms with Crippen molar-refractivity contribution in [2.45, 2.75) is 113 Å². The molecule has 0 saturated heterocycles. The number of rotatable bonds is 4. The second kappa shape index (κ2) is 16.3. The number of aliphatic hydroxyl groups is 2. The van der Waals surface area contributed by atoms with Crippen molar-refractivity contribution in [3.63, 3.8) is 0 Å². The Morgan fingerprint density at radius 2 is 0.961 bits per heavy atom. The SMILES string of the molecule is NC([S-])=N/N=C1\C2CCCC1C1(O)CCCCC1C2c1ccccc1.NC([S-])=N/N=C1\C2CCCC1C1(O)CCCCC1C2c1ccccc1.[Co+2]. The minimum absolute atomic E-state index is 0. The average Bonchev–Trinajstić information content (AvgIpc) is 3.12. The largest absolute Gasteiger partial charge is 2.00 e. The van der Waals surface area contributed by atoms with Crippen LogP contribution in [0.1, 0.15) is 113 Å². The Bertz CT molecular complexity index is 1500. The van der Waals surface area contributed by atoms with Crippen molar-refractivity contribution >= 4 is 47.0 Å². The number of nitrogens with two attached hydrogens (primary N) is 2. The van der Waals surface area contributed by atoms with E-state index in [0.29, 0.717) is 35.5 Å². The fourth-order valence-corrected chi connectivity index (χ4v) is 11.6. The van der Waals surface area contributed by atoms with E-state index in [2.05, 4.69) is 81.1 Å². The van der Waals surface area contributed by atoms with Gasteiger partial charge in [0.05, 0.1) is 22.6 Å². The predicted octanol–water partition coefficient (Wildman–Crippen LogP) is 6.68. The van der Waals surface area contributed by atoms with E-state index in [9.17, 15) is 10.2 Å². The van der Waals surface area contributed by atoms with E-state index in [1.54, 1.807) is 0 Å². The third kappa shape index (κ3) is 7.40. The molecule has 1 radical (unpaired) electrons. The summed E-state index contributed by atoms with van der Waals surface area (Å²) in [7, 11) is 0. The number of nitrogens with zero attached hydrogens (tertiary/aromatic N) is 4. The molecule has 6 aliphatic rings. The normalized spacial score (nSPS) is 39.1. The molecule has 11 heteroatoms. The van der Waals surface area contributed by atoms with Crippen molar-refractivity contribution in [2.75, 3.05) is 0 Å². The monoisotopic (exact) mass is 771 g/mol. The van der Waals surface area contributed by atoms with Crippen LogP contribution in [0, 0.1) is 35.5 Å². The molecule has 2 aromatic carbocycles. The van der Waals surface area contributed by atoms with Crippen LogP contribution in [0.25, 0.3) is 0 Å². The number of amidine groups is 2. The van der Waals surface area contributed by atoms with Gasteiger partial charge in [-0.05, 0) is 96.5 Å². The molecule has 4 bridgehead atoms. The third-order valence-corrected chi connectivity index (χ3v) is 13.5.